The highest BCUT2D eigenvalue weighted by Crippen LogP contribution is 2.45. The van der Waals surface area contributed by atoms with Crippen molar-refractivity contribution in [3.8, 4) is 17.2 Å². The van der Waals surface area contributed by atoms with Gasteiger partial charge in [0.05, 0.1) is 11.0 Å². The topological polar surface area (TPSA) is 20.6 Å². The van der Waals surface area contributed by atoms with E-state index >= 15 is 0 Å². The van der Waals surface area contributed by atoms with Crippen LogP contribution in [0.2, 0.25) is 0 Å². The number of anilines is 6. The van der Waals surface area contributed by atoms with E-state index in [1.807, 2.05) is 0 Å². The van der Waals surface area contributed by atoms with Crippen LogP contribution in [0.3, 0.4) is 0 Å². The average Bonchev–Trinajstić information content (AvgIpc) is 3.64. The van der Waals surface area contributed by atoms with E-state index in [0.717, 1.165) is 62.0 Å². The molecule has 0 saturated heterocycles. The predicted molar refractivity (Wildman–Crippen MR) is 256 cm³/mol. The van der Waals surface area contributed by atoms with E-state index < -0.39 is 0 Å². The quantitative estimate of drug-likeness (QED) is 0.162. The first-order valence-electron chi connectivity index (χ1n) is 21.0. The summed E-state index contributed by atoms with van der Waals surface area (Å²) < 4.78 is 9.52. The number of hydrogen-bond donors (Lipinski definition) is 0. The number of para-hydroxylation sites is 3. The Balaban J connectivity index is 1.08. The minimum atomic E-state index is -0.0558. The second kappa shape index (κ2) is 13.3. The van der Waals surface area contributed by atoms with Crippen molar-refractivity contribution in [1.82, 2.24) is 4.57 Å². The summed E-state index contributed by atoms with van der Waals surface area (Å²) in [6.45, 7) is -0.0558. The zero-order valence-electron chi connectivity index (χ0n) is 33.1. The van der Waals surface area contributed by atoms with Gasteiger partial charge in [0.15, 0.2) is 0 Å². The van der Waals surface area contributed by atoms with E-state index in [9.17, 15) is 0 Å². The molecule has 0 bridgehead atoms. The van der Waals surface area contributed by atoms with Crippen molar-refractivity contribution in [3.05, 3.63) is 218 Å². The van der Waals surface area contributed by atoms with Gasteiger partial charge in [-0.2, -0.15) is 0 Å². The van der Waals surface area contributed by atoms with Crippen LogP contribution in [0.15, 0.2) is 218 Å². The van der Waals surface area contributed by atoms with Gasteiger partial charge in [-0.15, -0.1) is 0 Å². The predicted octanol–water partition coefficient (Wildman–Crippen LogP) is 13.0. The summed E-state index contributed by atoms with van der Waals surface area (Å²) >= 11 is 0. The Kier molecular flexibility index (Phi) is 7.37. The van der Waals surface area contributed by atoms with Crippen molar-refractivity contribution in [1.29, 1.82) is 0 Å². The molecular weight excluding hydrogens is 741 g/mol. The summed E-state index contributed by atoms with van der Waals surface area (Å²) in [7, 11) is 0. The van der Waals surface area contributed by atoms with Gasteiger partial charge in [-0.05, 0) is 129 Å². The van der Waals surface area contributed by atoms with Gasteiger partial charge in [0.25, 0.3) is 6.71 Å². The van der Waals surface area contributed by atoms with Gasteiger partial charge < -0.3 is 19.1 Å². The lowest BCUT2D eigenvalue weighted by Crippen LogP contribution is -2.59. The molecule has 61 heavy (non-hydrogen) atoms. The second-order valence-electron chi connectivity index (χ2n) is 16.1. The highest BCUT2D eigenvalue weighted by molar-refractivity contribution is 7.00. The Morgan fingerprint density at radius 1 is 0.377 bits per heavy atom. The number of benzene rings is 10. The fourth-order valence-corrected chi connectivity index (χ4v) is 10.1. The van der Waals surface area contributed by atoms with Gasteiger partial charge in [-0.25, -0.2) is 0 Å². The van der Waals surface area contributed by atoms with Gasteiger partial charge in [0.1, 0.15) is 11.5 Å². The Morgan fingerprint density at radius 2 is 1.02 bits per heavy atom. The molecule has 0 radical (unpaired) electrons. The molecule has 5 heteroatoms. The largest absolute Gasteiger partial charge is 0.458 e. The first-order valence-corrected chi connectivity index (χ1v) is 21.0. The van der Waals surface area contributed by atoms with Crippen molar-refractivity contribution < 1.29 is 4.74 Å². The summed E-state index contributed by atoms with van der Waals surface area (Å²) in [6, 6.07) is 79.1. The maximum Gasteiger partial charge on any atom is 0.257 e. The van der Waals surface area contributed by atoms with E-state index in [1.54, 1.807) is 0 Å². The molecule has 13 rings (SSSR count). The molecule has 0 N–H and O–H groups in total. The summed E-state index contributed by atoms with van der Waals surface area (Å²) in [5.41, 5.74) is 13.8. The molecule has 0 unspecified atom stereocenters. The van der Waals surface area contributed by atoms with Crippen LogP contribution in [-0.2, 0) is 0 Å². The lowest BCUT2D eigenvalue weighted by atomic mass is 9.33. The standard InChI is InChI=1S/C56H36BN3O/c1-4-18-40(19-5-1)58(43-29-27-37-15-10-11-17-39(37)33-43)44-30-31-46-47-35-54-48(36-52(47)60(51(46)34-44)42-22-8-3-9-23-42)57-55-45-24-13-12-16-38(45)28-32-50(55)59(41-20-6-2-7-21-41)49-25-14-26-53(61-54)56(49)57/h1-36H. The maximum absolute atomic E-state index is 7.08. The van der Waals surface area contributed by atoms with Gasteiger partial charge in [-0.3, -0.25) is 0 Å². The molecule has 0 spiro atoms. The Labute approximate surface area is 353 Å². The molecule has 11 aromatic rings. The summed E-state index contributed by atoms with van der Waals surface area (Å²) in [4.78, 5) is 4.79. The van der Waals surface area contributed by atoms with Crippen LogP contribution in [-0.4, -0.2) is 11.3 Å². The molecule has 4 nitrogen and oxygen atoms in total. The molecule has 2 aliphatic heterocycles. The van der Waals surface area contributed by atoms with Crippen LogP contribution in [0.1, 0.15) is 0 Å². The van der Waals surface area contributed by atoms with E-state index in [2.05, 4.69) is 233 Å². The third kappa shape index (κ3) is 5.14. The fourth-order valence-electron chi connectivity index (χ4n) is 10.1. The van der Waals surface area contributed by atoms with Crippen molar-refractivity contribution in [2.24, 2.45) is 0 Å². The first kappa shape index (κ1) is 33.9. The van der Waals surface area contributed by atoms with Crippen LogP contribution in [0, 0.1) is 0 Å². The molecular formula is C56H36BN3O. The third-order valence-electron chi connectivity index (χ3n) is 12.8. The van der Waals surface area contributed by atoms with Gasteiger partial charge in [0, 0.05) is 50.6 Å². The minimum Gasteiger partial charge on any atom is -0.458 e. The smallest absolute Gasteiger partial charge is 0.257 e. The van der Waals surface area contributed by atoms with Crippen molar-refractivity contribution in [3.63, 3.8) is 0 Å². The Hall–Kier alpha value is -8.02. The number of fused-ring (bicyclic) bond motifs is 10. The van der Waals surface area contributed by atoms with Crippen LogP contribution in [0.25, 0.3) is 49.0 Å². The molecule has 1 aromatic heterocycles. The fraction of sp³-hybridized carbons (Fsp3) is 0. The monoisotopic (exact) mass is 777 g/mol. The van der Waals surface area contributed by atoms with Crippen LogP contribution in [0.5, 0.6) is 11.5 Å². The molecule has 3 heterocycles. The van der Waals surface area contributed by atoms with Crippen LogP contribution >= 0.6 is 0 Å². The molecule has 0 saturated carbocycles. The summed E-state index contributed by atoms with van der Waals surface area (Å²) in [6.07, 6.45) is 0. The van der Waals surface area contributed by atoms with Gasteiger partial charge in [-0.1, -0.05) is 127 Å². The highest BCUT2D eigenvalue weighted by Gasteiger charge is 2.43. The third-order valence-corrected chi connectivity index (χ3v) is 12.8. The number of aromatic nitrogens is 1. The van der Waals surface area contributed by atoms with Crippen LogP contribution < -0.4 is 30.9 Å². The SMILES string of the molecule is c1ccc(N(c2ccc3ccccc3c2)c2ccc3c4cc5c(cc4n(-c4ccccc4)c3c2)B2c3c(cccc3N(c3ccccc3)c3ccc4ccccc4c32)O5)cc1. The molecule has 0 amide bonds. The normalized spacial score (nSPS) is 12.7. The van der Waals surface area contributed by atoms with Crippen molar-refractivity contribution >= 4 is 101 Å². The molecule has 10 aromatic carbocycles. The first-order chi connectivity index (χ1) is 30.3. The number of hydrogen-bond acceptors (Lipinski definition) is 3. The van der Waals surface area contributed by atoms with E-state index in [0.29, 0.717) is 0 Å². The molecule has 0 aliphatic carbocycles. The zero-order chi connectivity index (χ0) is 40.0. The number of ether oxygens (including phenoxy) is 1. The molecule has 284 valence electrons. The number of nitrogens with zero attached hydrogens (tertiary/aromatic N) is 3. The Bertz CT molecular complexity index is 3530. The molecule has 0 atom stereocenters. The maximum atomic E-state index is 7.08. The minimum absolute atomic E-state index is 0.0558. The Morgan fingerprint density at radius 3 is 1.84 bits per heavy atom. The van der Waals surface area contributed by atoms with E-state index in [4.69, 9.17) is 4.74 Å². The lowest BCUT2D eigenvalue weighted by Gasteiger charge is -2.40. The second-order valence-corrected chi connectivity index (χ2v) is 16.1. The lowest BCUT2D eigenvalue weighted by molar-refractivity contribution is 0.488. The van der Waals surface area contributed by atoms with Gasteiger partial charge >= 0.3 is 0 Å². The number of rotatable bonds is 5. The summed E-state index contributed by atoms with van der Waals surface area (Å²) in [5, 5.41) is 7.23. The average molecular weight is 778 g/mol. The van der Waals surface area contributed by atoms with E-state index in [1.165, 1.54) is 49.0 Å². The van der Waals surface area contributed by atoms with Crippen molar-refractivity contribution in [2.45, 2.75) is 0 Å². The van der Waals surface area contributed by atoms with E-state index in [-0.39, 0.29) is 6.71 Å². The van der Waals surface area contributed by atoms with Crippen molar-refractivity contribution in [2.75, 3.05) is 9.80 Å². The molecule has 0 fully saturated rings. The molecule has 2 aliphatic rings. The van der Waals surface area contributed by atoms with Gasteiger partial charge in [0.2, 0.25) is 0 Å². The summed E-state index contributed by atoms with van der Waals surface area (Å²) in [5.74, 6) is 1.80. The van der Waals surface area contributed by atoms with Crippen LogP contribution in [0.4, 0.5) is 34.1 Å². The highest BCUT2D eigenvalue weighted by atomic mass is 16.5. The zero-order valence-corrected chi connectivity index (χ0v) is 33.1.